The summed E-state index contributed by atoms with van der Waals surface area (Å²) >= 11 is 2.87. The third kappa shape index (κ3) is 3.12. The van der Waals surface area contributed by atoms with Crippen molar-refractivity contribution in [1.29, 1.82) is 0 Å². The van der Waals surface area contributed by atoms with Crippen molar-refractivity contribution in [1.82, 2.24) is 19.9 Å². The van der Waals surface area contributed by atoms with Crippen molar-refractivity contribution in [3.8, 4) is 0 Å². The highest BCUT2D eigenvalue weighted by atomic mass is 32.1. The average Bonchev–Trinajstić information content (AvgIpc) is 3.30. The molecule has 1 unspecified atom stereocenters. The van der Waals surface area contributed by atoms with Gasteiger partial charge in [-0.05, 0) is 43.0 Å². The Kier molecular flexibility index (Phi) is 4.22. The van der Waals surface area contributed by atoms with E-state index in [0.717, 1.165) is 77.3 Å². The van der Waals surface area contributed by atoms with E-state index in [1.54, 1.807) is 17.7 Å². The number of fused-ring (bicyclic) bond motifs is 4. The van der Waals surface area contributed by atoms with E-state index >= 15 is 0 Å². The zero-order valence-electron chi connectivity index (χ0n) is 17.7. The van der Waals surface area contributed by atoms with Gasteiger partial charge >= 0.3 is 4.87 Å². The third-order valence-corrected chi connectivity index (χ3v) is 9.12. The first-order chi connectivity index (χ1) is 16.1. The molecule has 2 aliphatic heterocycles. The number of carbonyl (C=O) groups is 1. The number of H-pyrrole nitrogens is 1. The Morgan fingerprint density at radius 2 is 2.15 bits per heavy atom. The van der Waals surface area contributed by atoms with Crippen LogP contribution in [0.2, 0.25) is 0 Å². The number of hydrogen-bond acceptors (Lipinski definition) is 8. The number of thiazole rings is 1. The van der Waals surface area contributed by atoms with Gasteiger partial charge in [-0.2, -0.15) is 0 Å². The van der Waals surface area contributed by atoms with E-state index < -0.39 is 0 Å². The molecule has 1 atom stereocenters. The molecule has 2 fully saturated rings. The molecule has 7 rings (SSSR count). The van der Waals surface area contributed by atoms with Gasteiger partial charge in [0.15, 0.2) is 0 Å². The molecule has 3 aliphatic rings. The second-order valence-electron chi connectivity index (χ2n) is 9.17. The van der Waals surface area contributed by atoms with Crippen LogP contribution in [-0.4, -0.2) is 51.1 Å². The zero-order valence-corrected chi connectivity index (χ0v) is 19.4. The molecular weight excluding hydrogens is 458 g/mol. The van der Waals surface area contributed by atoms with Crippen molar-refractivity contribution in [3.05, 3.63) is 44.6 Å². The summed E-state index contributed by atoms with van der Waals surface area (Å²) in [5.74, 6) is 1.07. The number of carbonyl (C=O) groups excluding carboxylic acids is 1. The van der Waals surface area contributed by atoms with Crippen LogP contribution in [0.4, 0.5) is 11.5 Å². The molecule has 3 aromatic heterocycles. The molecular formula is C23H21N5O3S2. The fourth-order valence-corrected chi connectivity index (χ4v) is 7.32. The molecule has 8 nitrogen and oxygen atoms in total. The van der Waals surface area contributed by atoms with Gasteiger partial charge in [0, 0.05) is 22.9 Å². The van der Waals surface area contributed by atoms with E-state index in [1.165, 1.54) is 21.8 Å². The van der Waals surface area contributed by atoms with Crippen molar-refractivity contribution in [3.63, 3.8) is 0 Å². The van der Waals surface area contributed by atoms with Crippen LogP contribution in [0, 0.1) is 5.92 Å². The lowest BCUT2D eigenvalue weighted by atomic mass is 9.82. The summed E-state index contributed by atoms with van der Waals surface area (Å²) in [4.78, 5) is 40.7. The van der Waals surface area contributed by atoms with E-state index in [0.29, 0.717) is 0 Å². The predicted octanol–water partition coefficient (Wildman–Crippen LogP) is 3.44. The Morgan fingerprint density at radius 3 is 2.97 bits per heavy atom. The van der Waals surface area contributed by atoms with Crippen LogP contribution in [0.15, 0.2) is 29.3 Å². The molecule has 0 saturated carbocycles. The number of anilines is 2. The summed E-state index contributed by atoms with van der Waals surface area (Å²) in [6.45, 7) is 2.33. The number of benzene rings is 1. The number of aromatic nitrogens is 3. The van der Waals surface area contributed by atoms with Crippen molar-refractivity contribution < 1.29 is 9.53 Å². The van der Waals surface area contributed by atoms with Crippen LogP contribution >= 0.6 is 22.7 Å². The summed E-state index contributed by atoms with van der Waals surface area (Å²) in [5, 5.41) is 4.49. The standard InChI is InChI=1S/C23H21N5O3S2/c29-21(28-9-23(10-28)5-6-31-23)12-1-3-14-16(7-12)32-20-18(14)19(24-11-25-20)26-13-2-4-15-17(8-13)33-22(30)27-15/h2,4,8,11-12H,1,3,5-7,9-10H2,(H,27,30)(H,24,25,26). The molecule has 5 heterocycles. The van der Waals surface area contributed by atoms with E-state index in [9.17, 15) is 9.59 Å². The number of ether oxygens (including phenoxy) is 1. The summed E-state index contributed by atoms with van der Waals surface area (Å²) in [5.41, 5.74) is 2.95. The molecule has 1 spiro atoms. The minimum atomic E-state index is -0.0591. The van der Waals surface area contributed by atoms with Crippen molar-refractivity contribution in [2.24, 2.45) is 5.92 Å². The maximum atomic E-state index is 13.1. The molecule has 4 aromatic rings. The Hall–Kier alpha value is -2.82. The number of likely N-dealkylation sites (tertiary alicyclic amines) is 1. The SMILES string of the molecule is O=C(C1CCc2c(sc3ncnc(Nc4ccc5[nH]c(=O)sc5c4)c23)C1)N1CC2(CCO2)C1. The van der Waals surface area contributed by atoms with Crippen LogP contribution < -0.4 is 10.2 Å². The van der Waals surface area contributed by atoms with Crippen molar-refractivity contribution in [2.45, 2.75) is 31.3 Å². The topological polar surface area (TPSA) is 100 Å². The lowest BCUT2D eigenvalue weighted by molar-refractivity contribution is -0.223. The van der Waals surface area contributed by atoms with Crippen molar-refractivity contribution in [2.75, 3.05) is 25.0 Å². The number of rotatable bonds is 3. The van der Waals surface area contributed by atoms with Crippen LogP contribution in [0.5, 0.6) is 0 Å². The summed E-state index contributed by atoms with van der Waals surface area (Å²) in [6.07, 6.45) is 5.12. The van der Waals surface area contributed by atoms with Gasteiger partial charge in [-0.25, -0.2) is 9.97 Å². The lowest BCUT2D eigenvalue weighted by Crippen LogP contribution is -2.70. The number of hydrogen-bond donors (Lipinski definition) is 2. The van der Waals surface area contributed by atoms with Gasteiger partial charge in [-0.15, -0.1) is 11.3 Å². The second kappa shape index (κ2) is 7.09. The van der Waals surface area contributed by atoms with Gasteiger partial charge in [0.25, 0.3) is 0 Å². The molecule has 33 heavy (non-hydrogen) atoms. The zero-order chi connectivity index (χ0) is 22.2. The predicted molar refractivity (Wildman–Crippen MR) is 129 cm³/mol. The maximum absolute atomic E-state index is 13.1. The fraction of sp³-hybridized carbons (Fsp3) is 0.391. The Morgan fingerprint density at radius 1 is 1.27 bits per heavy atom. The third-order valence-electron chi connectivity index (χ3n) is 7.11. The Bertz CT molecular complexity index is 1480. The number of thiophene rings is 1. The number of nitrogens with zero attached hydrogens (tertiary/aromatic N) is 3. The first-order valence-corrected chi connectivity index (χ1v) is 12.8. The Labute approximate surface area is 196 Å². The highest BCUT2D eigenvalue weighted by Gasteiger charge is 2.51. The second-order valence-corrected chi connectivity index (χ2v) is 11.3. The van der Waals surface area contributed by atoms with E-state index in [-0.39, 0.29) is 22.3 Å². The molecule has 2 saturated heterocycles. The maximum Gasteiger partial charge on any atom is 0.305 e. The summed E-state index contributed by atoms with van der Waals surface area (Å²) < 4.78 is 6.58. The molecule has 0 radical (unpaired) electrons. The van der Waals surface area contributed by atoms with Gasteiger partial charge in [0.1, 0.15) is 22.6 Å². The van der Waals surface area contributed by atoms with Gasteiger partial charge in [-0.1, -0.05) is 11.3 Å². The highest BCUT2D eigenvalue weighted by Crippen LogP contribution is 2.42. The lowest BCUT2D eigenvalue weighted by Gasteiger charge is -2.55. The number of nitrogens with one attached hydrogen (secondary N) is 2. The largest absolute Gasteiger partial charge is 0.371 e. The summed E-state index contributed by atoms with van der Waals surface area (Å²) in [6, 6.07) is 5.81. The van der Waals surface area contributed by atoms with Crippen LogP contribution in [0.3, 0.4) is 0 Å². The summed E-state index contributed by atoms with van der Waals surface area (Å²) in [7, 11) is 0. The monoisotopic (exact) mass is 479 g/mol. The fourth-order valence-electron chi connectivity index (χ4n) is 5.28. The highest BCUT2D eigenvalue weighted by molar-refractivity contribution is 7.19. The minimum absolute atomic E-state index is 0.0251. The molecule has 10 heteroatoms. The van der Waals surface area contributed by atoms with Gasteiger partial charge < -0.3 is 19.9 Å². The van der Waals surface area contributed by atoms with Crippen LogP contribution in [-0.2, 0) is 22.4 Å². The normalized spacial score (nSPS) is 21.1. The van der Waals surface area contributed by atoms with E-state index in [2.05, 4.69) is 20.3 Å². The van der Waals surface area contributed by atoms with Crippen molar-refractivity contribution >= 4 is 60.5 Å². The van der Waals surface area contributed by atoms with Gasteiger partial charge in [0.05, 0.1) is 35.3 Å². The first-order valence-electron chi connectivity index (χ1n) is 11.1. The van der Waals surface area contributed by atoms with Crippen LogP contribution in [0.25, 0.3) is 20.4 Å². The minimum Gasteiger partial charge on any atom is -0.371 e. The van der Waals surface area contributed by atoms with Gasteiger partial charge in [0.2, 0.25) is 5.91 Å². The molecule has 0 bridgehead atoms. The van der Waals surface area contributed by atoms with E-state index in [4.69, 9.17) is 4.74 Å². The molecule has 1 amide bonds. The average molecular weight is 480 g/mol. The smallest absolute Gasteiger partial charge is 0.305 e. The first kappa shape index (κ1) is 19.6. The van der Waals surface area contributed by atoms with Crippen LogP contribution in [0.1, 0.15) is 23.3 Å². The molecule has 2 N–H and O–H groups in total. The number of aryl methyl sites for hydroxylation is 1. The van der Waals surface area contributed by atoms with E-state index in [1.807, 2.05) is 23.1 Å². The molecule has 168 valence electrons. The molecule has 1 aliphatic carbocycles. The van der Waals surface area contributed by atoms with Gasteiger partial charge in [-0.3, -0.25) is 9.59 Å². The number of aromatic amines is 1. The Balaban J connectivity index is 1.16. The molecule has 1 aromatic carbocycles. The number of amides is 1. The quantitative estimate of drug-likeness (QED) is 0.467.